The second-order valence-corrected chi connectivity index (χ2v) is 5.74. The van der Waals surface area contributed by atoms with Crippen molar-refractivity contribution in [2.75, 3.05) is 5.32 Å². The van der Waals surface area contributed by atoms with Gasteiger partial charge >= 0.3 is 11.8 Å². The number of benzene rings is 1. The fourth-order valence-corrected chi connectivity index (χ4v) is 2.61. The highest BCUT2D eigenvalue weighted by molar-refractivity contribution is 6.39. The first-order chi connectivity index (χ1) is 9.56. The Balaban J connectivity index is 1.88. The van der Waals surface area contributed by atoms with Gasteiger partial charge in [-0.1, -0.05) is 31.4 Å². The first-order valence-electron chi connectivity index (χ1n) is 6.93. The third-order valence-electron chi connectivity index (χ3n) is 3.74. The van der Waals surface area contributed by atoms with Crippen molar-refractivity contribution in [2.24, 2.45) is 5.92 Å². The maximum atomic E-state index is 11.9. The second kappa shape index (κ2) is 6.75. The largest absolute Gasteiger partial charge is 0.345 e. The molecule has 4 nitrogen and oxygen atoms in total. The number of nitrogens with one attached hydrogen (secondary N) is 2. The van der Waals surface area contributed by atoms with E-state index in [-0.39, 0.29) is 6.04 Å². The Morgan fingerprint density at radius 1 is 1.10 bits per heavy atom. The summed E-state index contributed by atoms with van der Waals surface area (Å²) in [7, 11) is 0. The molecule has 0 aromatic heterocycles. The van der Waals surface area contributed by atoms with Crippen LogP contribution >= 0.6 is 11.6 Å². The molecule has 0 bridgehead atoms. The molecule has 2 atom stereocenters. The lowest BCUT2D eigenvalue weighted by Gasteiger charge is -2.29. The van der Waals surface area contributed by atoms with E-state index in [2.05, 4.69) is 17.6 Å². The van der Waals surface area contributed by atoms with Gasteiger partial charge in [-0.3, -0.25) is 9.59 Å². The zero-order valence-corrected chi connectivity index (χ0v) is 12.2. The number of amides is 2. The lowest BCUT2D eigenvalue weighted by atomic mass is 9.86. The highest BCUT2D eigenvalue weighted by atomic mass is 35.5. The summed E-state index contributed by atoms with van der Waals surface area (Å²) in [6.07, 6.45) is 4.35. The summed E-state index contributed by atoms with van der Waals surface area (Å²) in [5, 5.41) is 5.97. The topological polar surface area (TPSA) is 58.2 Å². The van der Waals surface area contributed by atoms with Gasteiger partial charge in [0, 0.05) is 16.8 Å². The van der Waals surface area contributed by atoms with E-state index in [9.17, 15) is 9.59 Å². The minimum atomic E-state index is -0.634. The minimum absolute atomic E-state index is 0.104. The molecular weight excluding hydrogens is 276 g/mol. The molecule has 1 aliphatic carbocycles. The lowest BCUT2D eigenvalue weighted by molar-refractivity contribution is -0.137. The van der Waals surface area contributed by atoms with Gasteiger partial charge in [-0.2, -0.15) is 0 Å². The van der Waals surface area contributed by atoms with Crippen molar-refractivity contribution in [2.45, 2.75) is 38.6 Å². The fourth-order valence-electron chi connectivity index (χ4n) is 2.49. The Kier molecular flexibility index (Phi) is 5.01. The predicted octanol–water partition coefficient (Wildman–Crippen LogP) is 2.97. The normalized spacial score (nSPS) is 22.1. The van der Waals surface area contributed by atoms with Crippen molar-refractivity contribution < 1.29 is 9.59 Å². The van der Waals surface area contributed by atoms with Crippen LogP contribution in [0.2, 0.25) is 5.02 Å². The average Bonchev–Trinajstić information content (AvgIpc) is 2.44. The molecule has 1 saturated carbocycles. The summed E-state index contributed by atoms with van der Waals surface area (Å²) in [4.78, 5) is 23.7. The Morgan fingerprint density at radius 2 is 1.75 bits per heavy atom. The zero-order valence-electron chi connectivity index (χ0n) is 11.5. The molecule has 1 aromatic carbocycles. The number of carbonyl (C=O) groups is 2. The van der Waals surface area contributed by atoms with Crippen LogP contribution in [0.5, 0.6) is 0 Å². The average molecular weight is 295 g/mol. The Hall–Kier alpha value is -1.55. The van der Waals surface area contributed by atoms with Gasteiger partial charge in [-0.05, 0) is 43.0 Å². The first kappa shape index (κ1) is 14.9. The number of carbonyl (C=O) groups excluding carboxylic acids is 2. The van der Waals surface area contributed by atoms with Crippen LogP contribution in [0.25, 0.3) is 0 Å². The van der Waals surface area contributed by atoms with Crippen molar-refractivity contribution in [1.29, 1.82) is 0 Å². The van der Waals surface area contributed by atoms with E-state index in [1.807, 2.05) is 0 Å². The summed E-state index contributed by atoms with van der Waals surface area (Å²) in [5.41, 5.74) is 0.561. The van der Waals surface area contributed by atoms with Gasteiger partial charge in [-0.25, -0.2) is 0 Å². The van der Waals surface area contributed by atoms with Gasteiger partial charge in [0.05, 0.1) is 0 Å². The van der Waals surface area contributed by atoms with E-state index < -0.39 is 11.8 Å². The molecule has 2 unspecified atom stereocenters. The molecule has 1 aliphatic rings. The molecule has 2 N–H and O–H groups in total. The highest BCUT2D eigenvalue weighted by Crippen LogP contribution is 2.23. The summed E-state index contributed by atoms with van der Waals surface area (Å²) in [6, 6.07) is 6.76. The third kappa shape index (κ3) is 3.97. The molecular formula is C15H19ClN2O2. The molecule has 0 spiro atoms. The van der Waals surface area contributed by atoms with Gasteiger partial charge in [0.1, 0.15) is 0 Å². The molecule has 1 aromatic rings. The summed E-state index contributed by atoms with van der Waals surface area (Å²) in [5.74, 6) is -0.778. The van der Waals surface area contributed by atoms with Crippen LogP contribution < -0.4 is 10.6 Å². The fraction of sp³-hybridized carbons (Fsp3) is 0.467. The van der Waals surface area contributed by atoms with Gasteiger partial charge in [0.25, 0.3) is 0 Å². The van der Waals surface area contributed by atoms with E-state index in [1.54, 1.807) is 24.3 Å². The molecule has 0 heterocycles. The van der Waals surface area contributed by atoms with Crippen molar-refractivity contribution in [3.8, 4) is 0 Å². The number of hydrogen-bond acceptors (Lipinski definition) is 2. The monoisotopic (exact) mass is 294 g/mol. The number of hydrogen-bond donors (Lipinski definition) is 2. The zero-order chi connectivity index (χ0) is 14.5. The minimum Gasteiger partial charge on any atom is -0.345 e. The Bertz CT molecular complexity index is 487. The van der Waals surface area contributed by atoms with Crippen LogP contribution in [-0.4, -0.2) is 17.9 Å². The van der Waals surface area contributed by atoms with Crippen molar-refractivity contribution in [1.82, 2.24) is 5.32 Å². The first-order valence-corrected chi connectivity index (χ1v) is 7.31. The van der Waals surface area contributed by atoms with Crippen LogP contribution in [0.15, 0.2) is 24.3 Å². The van der Waals surface area contributed by atoms with Crippen LogP contribution in [0, 0.1) is 5.92 Å². The number of anilines is 1. The molecule has 0 aliphatic heterocycles. The Labute approximate surface area is 123 Å². The van der Waals surface area contributed by atoms with Crippen LogP contribution in [0.4, 0.5) is 5.69 Å². The smallest absolute Gasteiger partial charge is 0.313 e. The highest BCUT2D eigenvalue weighted by Gasteiger charge is 2.25. The number of rotatable bonds is 2. The van der Waals surface area contributed by atoms with Gasteiger partial charge in [-0.15, -0.1) is 0 Å². The molecule has 20 heavy (non-hydrogen) atoms. The summed E-state index contributed by atoms with van der Waals surface area (Å²) in [6.45, 7) is 2.11. The van der Waals surface area contributed by atoms with Crippen molar-refractivity contribution in [3.63, 3.8) is 0 Å². The Morgan fingerprint density at radius 3 is 2.40 bits per heavy atom. The van der Waals surface area contributed by atoms with E-state index in [4.69, 9.17) is 11.6 Å². The van der Waals surface area contributed by atoms with Crippen LogP contribution in [0.1, 0.15) is 32.6 Å². The molecule has 2 amide bonds. The number of halogens is 1. The van der Waals surface area contributed by atoms with Crippen LogP contribution in [-0.2, 0) is 9.59 Å². The standard InChI is InChI=1S/C15H19ClN2O2/c1-10-4-2-3-5-13(10)18-15(20)14(19)17-12-8-6-11(16)7-9-12/h6-10,13H,2-5H2,1H3,(H,17,19)(H,18,20). The van der Waals surface area contributed by atoms with Crippen molar-refractivity contribution >= 4 is 29.1 Å². The van der Waals surface area contributed by atoms with E-state index >= 15 is 0 Å². The molecule has 5 heteroatoms. The third-order valence-corrected chi connectivity index (χ3v) is 3.99. The SMILES string of the molecule is CC1CCCCC1NC(=O)C(=O)Nc1ccc(Cl)cc1. The molecule has 108 valence electrons. The lowest BCUT2D eigenvalue weighted by Crippen LogP contribution is -2.45. The van der Waals surface area contributed by atoms with E-state index in [0.717, 1.165) is 19.3 Å². The maximum absolute atomic E-state index is 11.9. The molecule has 0 saturated heterocycles. The van der Waals surface area contributed by atoms with E-state index in [1.165, 1.54) is 6.42 Å². The quantitative estimate of drug-likeness (QED) is 0.824. The summed E-state index contributed by atoms with van der Waals surface area (Å²) >= 11 is 5.76. The van der Waals surface area contributed by atoms with Gasteiger partial charge in [0.2, 0.25) is 0 Å². The van der Waals surface area contributed by atoms with Gasteiger partial charge < -0.3 is 10.6 Å². The molecule has 0 radical (unpaired) electrons. The molecule has 1 fully saturated rings. The maximum Gasteiger partial charge on any atom is 0.313 e. The van der Waals surface area contributed by atoms with Crippen LogP contribution in [0.3, 0.4) is 0 Å². The van der Waals surface area contributed by atoms with Crippen molar-refractivity contribution in [3.05, 3.63) is 29.3 Å². The second-order valence-electron chi connectivity index (χ2n) is 5.30. The molecule has 2 rings (SSSR count). The van der Waals surface area contributed by atoms with E-state index in [0.29, 0.717) is 16.6 Å². The summed E-state index contributed by atoms with van der Waals surface area (Å²) < 4.78 is 0. The van der Waals surface area contributed by atoms with Gasteiger partial charge in [0.15, 0.2) is 0 Å². The predicted molar refractivity (Wildman–Crippen MR) is 79.6 cm³/mol.